The quantitative estimate of drug-likeness (QED) is 0.923. The maximum atomic E-state index is 12.9. The zero-order valence-electron chi connectivity index (χ0n) is 12.6. The van der Waals surface area contributed by atoms with Crippen LogP contribution in [0.3, 0.4) is 0 Å². The molecule has 118 valence electrons. The van der Waals surface area contributed by atoms with Crippen LogP contribution in [0, 0.1) is 5.41 Å². The van der Waals surface area contributed by atoms with Crippen LogP contribution < -0.4 is 10.2 Å². The Balaban J connectivity index is 2.31. The zero-order chi connectivity index (χ0) is 15.7. The first kappa shape index (κ1) is 15.9. The summed E-state index contributed by atoms with van der Waals surface area (Å²) in [5, 5.41) is 2.91. The second-order valence-corrected chi connectivity index (χ2v) is 6.20. The van der Waals surface area contributed by atoms with Gasteiger partial charge in [0.05, 0.1) is 0 Å². The van der Waals surface area contributed by atoms with Gasteiger partial charge in [-0.05, 0) is 18.3 Å². The summed E-state index contributed by atoms with van der Waals surface area (Å²) in [6.45, 7) is 8.16. The van der Waals surface area contributed by atoms with Crippen molar-refractivity contribution in [1.29, 1.82) is 0 Å². The fraction of sp³-hybridized carbons (Fsp3) is 0.714. The number of rotatable bonds is 4. The molecule has 7 heteroatoms. The van der Waals surface area contributed by atoms with Crippen LogP contribution in [-0.4, -0.2) is 29.6 Å². The number of halogens is 3. The van der Waals surface area contributed by atoms with Crippen molar-refractivity contribution in [2.45, 2.75) is 39.8 Å². The van der Waals surface area contributed by atoms with Gasteiger partial charge in [-0.3, -0.25) is 0 Å². The molecule has 21 heavy (non-hydrogen) atoms. The maximum absolute atomic E-state index is 12.9. The van der Waals surface area contributed by atoms with Crippen molar-refractivity contribution in [1.82, 2.24) is 9.97 Å². The van der Waals surface area contributed by atoms with E-state index in [2.05, 4.69) is 29.1 Å². The summed E-state index contributed by atoms with van der Waals surface area (Å²) in [7, 11) is 0. The van der Waals surface area contributed by atoms with Crippen molar-refractivity contribution in [3.63, 3.8) is 0 Å². The minimum atomic E-state index is -4.53. The van der Waals surface area contributed by atoms with Gasteiger partial charge in [0.2, 0.25) is 5.82 Å². The van der Waals surface area contributed by atoms with Gasteiger partial charge in [0.1, 0.15) is 11.6 Å². The monoisotopic (exact) mass is 302 g/mol. The number of hydrogen-bond donors (Lipinski definition) is 1. The van der Waals surface area contributed by atoms with Gasteiger partial charge >= 0.3 is 6.18 Å². The van der Waals surface area contributed by atoms with Crippen molar-refractivity contribution in [2.24, 2.45) is 5.41 Å². The fourth-order valence-corrected chi connectivity index (χ4v) is 2.37. The Morgan fingerprint density at radius 1 is 1.33 bits per heavy atom. The Morgan fingerprint density at radius 3 is 2.57 bits per heavy atom. The van der Waals surface area contributed by atoms with Gasteiger partial charge in [-0.1, -0.05) is 20.8 Å². The van der Waals surface area contributed by atoms with Gasteiger partial charge in [0.15, 0.2) is 0 Å². The molecule has 2 rings (SSSR count). The third kappa shape index (κ3) is 3.98. The summed E-state index contributed by atoms with van der Waals surface area (Å²) in [6.07, 6.45) is -2.78. The zero-order valence-corrected chi connectivity index (χ0v) is 12.6. The molecule has 0 saturated carbocycles. The number of hydrogen-bond acceptors (Lipinski definition) is 4. The molecular weight excluding hydrogens is 281 g/mol. The Kier molecular flexibility index (Phi) is 4.30. The van der Waals surface area contributed by atoms with Crippen molar-refractivity contribution < 1.29 is 13.2 Å². The standard InChI is InChI=1S/C14H21F3N4/c1-4-6-18-10-8-11(20-12(19-10)14(15,16)17)21-7-5-13(2,3)9-21/h8H,4-7,9H2,1-3H3,(H,18,19,20). The highest BCUT2D eigenvalue weighted by Crippen LogP contribution is 2.34. The topological polar surface area (TPSA) is 41.0 Å². The van der Waals surface area contributed by atoms with E-state index in [9.17, 15) is 13.2 Å². The lowest BCUT2D eigenvalue weighted by Gasteiger charge is -2.22. The molecule has 1 fully saturated rings. The van der Waals surface area contributed by atoms with Crippen LogP contribution in [0.4, 0.5) is 24.8 Å². The first-order valence-corrected chi connectivity index (χ1v) is 7.16. The summed E-state index contributed by atoms with van der Waals surface area (Å²) >= 11 is 0. The van der Waals surface area contributed by atoms with Crippen LogP contribution in [-0.2, 0) is 6.18 Å². The van der Waals surface area contributed by atoms with E-state index in [4.69, 9.17) is 0 Å². The van der Waals surface area contributed by atoms with E-state index in [1.165, 1.54) is 0 Å². The fourth-order valence-electron chi connectivity index (χ4n) is 2.37. The van der Waals surface area contributed by atoms with Gasteiger partial charge in [0, 0.05) is 25.7 Å². The highest BCUT2D eigenvalue weighted by molar-refractivity contribution is 5.50. The van der Waals surface area contributed by atoms with Crippen LogP contribution in [0.2, 0.25) is 0 Å². The molecule has 1 saturated heterocycles. The second kappa shape index (κ2) is 5.69. The Labute approximate surface area is 122 Å². The molecule has 0 bridgehead atoms. The first-order chi connectivity index (χ1) is 9.71. The summed E-state index contributed by atoms with van der Waals surface area (Å²) in [5.41, 5.74) is 0.0976. The van der Waals surface area contributed by atoms with E-state index in [1.54, 1.807) is 6.07 Å². The van der Waals surface area contributed by atoms with Crippen molar-refractivity contribution >= 4 is 11.6 Å². The second-order valence-electron chi connectivity index (χ2n) is 6.20. The lowest BCUT2D eigenvalue weighted by molar-refractivity contribution is -0.144. The average molecular weight is 302 g/mol. The lowest BCUT2D eigenvalue weighted by atomic mass is 9.93. The third-order valence-corrected chi connectivity index (χ3v) is 3.52. The number of nitrogens with one attached hydrogen (secondary N) is 1. The van der Waals surface area contributed by atoms with Crippen LogP contribution in [0.5, 0.6) is 0 Å². The normalized spacial score (nSPS) is 18.1. The SMILES string of the molecule is CCCNc1cc(N2CCC(C)(C)C2)nc(C(F)(F)F)n1. The summed E-state index contributed by atoms with van der Waals surface area (Å²) < 4.78 is 38.8. The molecule has 1 aliphatic rings. The van der Waals surface area contributed by atoms with Gasteiger partial charge in [0.25, 0.3) is 0 Å². The highest BCUT2D eigenvalue weighted by atomic mass is 19.4. The van der Waals surface area contributed by atoms with Crippen molar-refractivity contribution in [3.05, 3.63) is 11.9 Å². The smallest absolute Gasteiger partial charge is 0.370 e. The van der Waals surface area contributed by atoms with Crippen LogP contribution in [0.1, 0.15) is 39.4 Å². The third-order valence-electron chi connectivity index (χ3n) is 3.52. The van der Waals surface area contributed by atoms with E-state index in [1.807, 2.05) is 11.8 Å². The largest absolute Gasteiger partial charge is 0.451 e. The molecule has 0 radical (unpaired) electrons. The van der Waals surface area contributed by atoms with Crippen molar-refractivity contribution in [2.75, 3.05) is 29.9 Å². The molecule has 1 aliphatic heterocycles. The number of nitrogens with zero attached hydrogens (tertiary/aromatic N) is 3. The molecule has 0 atom stereocenters. The molecule has 2 heterocycles. The van der Waals surface area contributed by atoms with Crippen LogP contribution in [0.25, 0.3) is 0 Å². The summed E-state index contributed by atoms with van der Waals surface area (Å²) in [4.78, 5) is 9.18. The molecule has 0 amide bonds. The molecule has 0 unspecified atom stereocenters. The molecule has 1 aromatic heterocycles. The Bertz CT molecular complexity index is 499. The van der Waals surface area contributed by atoms with Crippen LogP contribution >= 0.6 is 0 Å². The predicted octanol–water partition coefficient (Wildman–Crippen LogP) is 3.55. The van der Waals surface area contributed by atoms with Crippen molar-refractivity contribution in [3.8, 4) is 0 Å². The summed E-state index contributed by atoms with van der Waals surface area (Å²) in [6, 6.07) is 1.60. The Morgan fingerprint density at radius 2 is 2.05 bits per heavy atom. The minimum absolute atomic E-state index is 0.0976. The van der Waals surface area contributed by atoms with E-state index in [0.717, 1.165) is 12.8 Å². The van der Waals surface area contributed by atoms with E-state index in [-0.39, 0.29) is 11.2 Å². The maximum Gasteiger partial charge on any atom is 0.451 e. The van der Waals surface area contributed by atoms with E-state index < -0.39 is 12.0 Å². The number of anilines is 2. The van der Waals surface area contributed by atoms with E-state index >= 15 is 0 Å². The molecule has 0 aromatic carbocycles. The lowest BCUT2D eigenvalue weighted by Crippen LogP contribution is -2.25. The van der Waals surface area contributed by atoms with E-state index in [0.29, 0.717) is 25.5 Å². The minimum Gasteiger partial charge on any atom is -0.370 e. The number of aromatic nitrogens is 2. The molecule has 0 aliphatic carbocycles. The van der Waals surface area contributed by atoms with Crippen LogP contribution in [0.15, 0.2) is 6.07 Å². The van der Waals surface area contributed by atoms with Gasteiger partial charge in [-0.2, -0.15) is 13.2 Å². The molecule has 1 N–H and O–H groups in total. The first-order valence-electron chi connectivity index (χ1n) is 7.16. The molecule has 4 nitrogen and oxygen atoms in total. The molecule has 1 aromatic rings. The van der Waals surface area contributed by atoms with Gasteiger partial charge in [-0.15, -0.1) is 0 Å². The Hall–Kier alpha value is -1.53. The average Bonchev–Trinajstić information content (AvgIpc) is 2.75. The summed E-state index contributed by atoms with van der Waals surface area (Å²) in [5.74, 6) is -0.497. The van der Waals surface area contributed by atoms with Gasteiger partial charge < -0.3 is 10.2 Å². The highest BCUT2D eigenvalue weighted by Gasteiger charge is 2.37. The predicted molar refractivity (Wildman–Crippen MR) is 76.4 cm³/mol. The molecule has 0 spiro atoms. The molecular formula is C14H21F3N4. The number of alkyl halides is 3. The van der Waals surface area contributed by atoms with Gasteiger partial charge in [-0.25, -0.2) is 9.97 Å².